The van der Waals surface area contributed by atoms with Crippen LogP contribution >= 0.6 is 0 Å². The number of carbonyl (C=O) groups is 1. The van der Waals surface area contributed by atoms with Crippen LogP contribution in [0.1, 0.15) is 46.0 Å². The lowest BCUT2D eigenvalue weighted by atomic mass is 10.1. The monoisotopic (exact) mass is 224 g/mol. The summed E-state index contributed by atoms with van der Waals surface area (Å²) < 4.78 is 0. The molecule has 3 heteroatoms. The molecular formula is C13H24N2O. The van der Waals surface area contributed by atoms with E-state index in [4.69, 9.17) is 0 Å². The average molecular weight is 224 g/mol. The quantitative estimate of drug-likeness (QED) is 0.772. The number of nitrogens with zero attached hydrogens (tertiary/aromatic N) is 1. The van der Waals surface area contributed by atoms with Gasteiger partial charge in [0, 0.05) is 12.6 Å². The van der Waals surface area contributed by atoms with E-state index in [9.17, 15) is 4.79 Å². The van der Waals surface area contributed by atoms with Crippen molar-refractivity contribution in [3.63, 3.8) is 0 Å². The highest BCUT2D eigenvalue weighted by Crippen LogP contribution is 2.28. The molecule has 1 saturated carbocycles. The van der Waals surface area contributed by atoms with Crippen LogP contribution in [0.2, 0.25) is 0 Å². The Balaban J connectivity index is 1.87. The van der Waals surface area contributed by atoms with Gasteiger partial charge in [0.2, 0.25) is 5.91 Å². The van der Waals surface area contributed by atoms with Gasteiger partial charge in [-0.2, -0.15) is 0 Å². The van der Waals surface area contributed by atoms with Gasteiger partial charge in [-0.1, -0.05) is 13.8 Å². The Bertz CT molecular complexity index is 242. The summed E-state index contributed by atoms with van der Waals surface area (Å²) in [5.74, 6) is 1.05. The molecule has 0 bridgehead atoms. The Labute approximate surface area is 98.6 Å². The summed E-state index contributed by atoms with van der Waals surface area (Å²) in [7, 11) is 0. The van der Waals surface area contributed by atoms with Crippen molar-refractivity contribution in [1.82, 2.24) is 10.2 Å². The SMILES string of the molecule is CC(C)CCN(C(=O)[C@H]1CCCN1)C1CC1. The number of carbonyl (C=O) groups excluding carboxylic acids is 1. The zero-order valence-electron chi connectivity index (χ0n) is 10.5. The first-order chi connectivity index (χ1) is 7.68. The molecule has 0 radical (unpaired) electrons. The standard InChI is InChI=1S/C13H24N2O/c1-10(2)7-9-15(11-5-6-11)13(16)12-4-3-8-14-12/h10-12,14H,3-9H2,1-2H3/t12-/m1/s1. The van der Waals surface area contributed by atoms with Gasteiger partial charge in [-0.3, -0.25) is 4.79 Å². The van der Waals surface area contributed by atoms with E-state index in [1.165, 1.54) is 12.8 Å². The lowest BCUT2D eigenvalue weighted by molar-refractivity contribution is -0.133. The molecule has 2 fully saturated rings. The average Bonchev–Trinajstić information content (AvgIpc) is 2.93. The third-order valence-corrected chi connectivity index (χ3v) is 3.58. The van der Waals surface area contributed by atoms with Gasteiger partial charge in [0.05, 0.1) is 6.04 Å². The molecule has 0 unspecified atom stereocenters. The van der Waals surface area contributed by atoms with Gasteiger partial charge in [-0.15, -0.1) is 0 Å². The molecule has 92 valence electrons. The Hall–Kier alpha value is -0.570. The Morgan fingerprint density at radius 2 is 2.12 bits per heavy atom. The molecule has 1 aliphatic carbocycles. The van der Waals surface area contributed by atoms with Crippen molar-refractivity contribution < 1.29 is 4.79 Å². The summed E-state index contributed by atoms with van der Waals surface area (Å²) in [6.45, 7) is 6.42. The molecular weight excluding hydrogens is 200 g/mol. The maximum absolute atomic E-state index is 12.3. The minimum atomic E-state index is 0.118. The summed E-state index contributed by atoms with van der Waals surface area (Å²) in [4.78, 5) is 14.4. The van der Waals surface area contributed by atoms with Crippen LogP contribution < -0.4 is 5.32 Å². The van der Waals surface area contributed by atoms with Crippen molar-refractivity contribution in [2.24, 2.45) is 5.92 Å². The highest BCUT2D eigenvalue weighted by Gasteiger charge is 2.36. The number of rotatable bonds is 5. The van der Waals surface area contributed by atoms with Crippen molar-refractivity contribution in [2.75, 3.05) is 13.1 Å². The van der Waals surface area contributed by atoms with Crippen LogP contribution in [0.4, 0.5) is 0 Å². The van der Waals surface area contributed by atoms with Crippen molar-refractivity contribution in [3.05, 3.63) is 0 Å². The minimum Gasteiger partial charge on any atom is -0.338 e. The van der Waals surface area contributed by atoms with Crippen molar-refractivity contribution in [1.29, 1.82) is 0 Å². The molecule has 1 N–H and O–H groups in total. The second kappa shape index (κ2) is 5.17. The Morgan fingerprint density at radius 1 is 1.38 bits per heavy atom. The summed E-state index contributed by atoms with van der Waals surface area (Å²) in [6.07, 6.45) is 5.75. The summed E-state index contributed by atoms with van der Waals surface area (Å²) in [5.41, 5.74) is 0. The fourth-order valence-corrected chi connectivity index (χ4v) is 2.35. The third-order valence-electron chi connectivity index (χ3n) is 3.58. The lowest BCUT2D eigenvalue weighted by Crippen LogP contribution is -2.45. The van der Waals surface area contributed by atoms with Crippen LogP contribution in [0, 0.1) is 5.92 Å². The molecule has 1 saturated heterocycles. The molecule has 1 aliphatic heterocycles. The van der Waals surface area contributed by atoms with Crippen LogP contribution in [-0.2, 0) is 4.79 Å². The van der Waals surface area contributed by atoms with E-state index in [2.05, 4.69) is 24.1 Å². The van der Waals surface area contributed by atoms with E-state index in [1.54, 1.807) is 0 Å². The van der Waals surface area contributed by atoms with Gasteiger partial charge >= 0.3 is 0 Å². The van der Waals surface area contributed by atoms with Crippen molar-refractivity contribution >= 4 is 5.91 Å². The molecule has 0 aromatic carbocycles. The molecule has 2 aliphatic rings. The maximum atomic E-state index is 12.3. The predicted octanol–water partition coefficient (Wildman–Crippen LogP) is 1.78. The fourth-order valence-electron chi connectivity index (χ4n) is 2.35. The summed E-state index contributed by atoms with van der Waals surface area (Å²) >= 11 is 0. The van der Waals surface area contributed by atoms with Gasteiger partial charge in [0.1, 0.15) is 0 Å². The lowest BCUT2D eigenvalue weighted by Gasteiger charge is -2.26. The fraction of sp³-hybridized carbons (Fsp3) is 0.923. The molecule has 0 aromatic heterocycles. The molecule has 16 heavy (non-hydrogen) atoms. The second-order valence-corrected chi connectivity index (χ2v) is 5.59. The Kier molecular flexibility index (Phi) is 3.85. The third kappa shape index (κ3) is 2.97. The molecule has 1 amide bonds. The molecule has 2 rings (SSSR count). The maximum Gasteiger partial charge on any atom is 0.239 e. The zero-order valence-corrected chi connectivity index (χ0v) is 10.5. The summed E-state index contributed by atoms with van der Waals surface area (Å²) in [5, 5.41) is 3.32. The second-order valence-electron chi connectivity index (χ2n) is 5.59. The van der Waals surface area contributed by atoms with E-state index in [0.717, 1.165) is 32.4 Å². The number of nitrogens with one attached hydrogen (secondary N) is 1. The number of hydrogen-bond donors (Lipinski definition) is 1. The van der Waals surface area contributed by atoms with E-state index >= 15 is 0 Å². The van der Waals surface area contributed by atoms with E-state index in [-0.39, 0.29) is 6.04 Å². The molecule has 3 nitrogen and oxygen atoms in total. The molecule has 0 spiro atoms. The highest BCUT2D eigenvalue weighted by atomic mass is 16.2. The van der Waals surface area contributed by atoms with E-state index in [0.29, 0.717) is 17.9 Å². The zero-order chi connectivity index (χ0) is 11.5. The minimum absolute atomic E-state index is 0.118. The highest BCUT2D eigenvalue weighted by molar-refractivity contribution is 5.82. The first-order valence-corrected chi connectivity index (χ1v) is 6.72. The molecule has 1 atom stereocenters. The van der Waals surface area contributed by atoms with Gasteiger partial charge in [-0.05, 0) is 44.6 Å². The first-order valence-electron chi connectivity index (χ1n) is 6.72. The Morgan fingerprint density at radius 3 is 2.62 bits per heavy atom. The van der Waals surface area contributed by atoms with Gasteiger partial charge < -0.3 is 10.2 Å². The van der Waals surface area contributed by atoms with Crippen LogP contribution in [0.25, 0.3) is 0 Å². The topological polar surface area (TPSA) is 32.3 Å². The van der Waals surface area contributed by atoms with E-state index in [1.807, 2.05) is 0 Å². The van der Waals surface area contributed by atoms with Crippen molar-refractivity contribution in [3.8, 4) is 0 Å². The molecule has 0 aromatic rings. The number of amides is 1. The van der Waals surface area contributed by atoms with Crippen molar-refractivity contribution in [2.45, 2.75) is 58.0 Å². The first kappa shape index (κ1) is 11.9. The van der Waals surface area contributed by atoms with Crippen LogP contribution in [0.15, 0.2) is 0 Å². The normalized spacial score (nSPS) is 25.1. The molecule has 1 heterocycles. The predicted molar refractivity (Wildman–Crippen MR) is 65.2 cm³/mol. The van der Waals surface area contributed by atoms with Gasteiger partial charge in [0.25, 0.3) is 0 Å². The largest absolute Gasteiger partial charge is 0.338 e. The van der Waals surface area contributed by atoms with Crippen LogP contribution in [0.3, 0.4) is 0 Å². The smallest absolute Gasteiger partial charge is 0.239 e. The van der Waals surface area contributed by atoms with Gasteiger partial charge in [-0.25, -0.2) is 0 Å². The summed E-state index contributed by atoms with van der Waals surface area (Å²) in [6, 6.07) is 0.682. The van der Waals surface area contributed by atoms with Crippen LogP contribution in [0.5, 0.6) is 0 Å². The number of hydrogen-bond acceptors (Lipinski definition) is 2. The van der Waals surface area contributed by atoms with Gasteiger partial charge in [0.15, 0.2) is 0 Å². The van der Waals surface area contributed by atoms with E-state index < -0.39 is 0 Å². The van der Waals surface area contributed by atoms with Crippen LogP contribution in [-0.4, -0.2) is 36.0 Å².